The van der Waals surface area contributed by atoms with Crippen molar-refractivity contribution in [2.45, 2.75) is 0 Å². The molecule has 0 bridgehead atoms. The summed E-state index contributed by atoms with van der Waals surface area (Å²) in [6, 6.07) is 0. The third kappa shape index (κ3) is 1.21. The maximum Gasteiger partial charge on any atom is 0.274 e. The minimum Gasteiger partial charge on any atom is -0.473 e. The number of hydrogen-bond acceptors (Lipinski definition) is 3. The van der Waals surface area contributed by atoms with E-state index in [9.17, 15) is 0 Å². The summed E-state index contributed by atoms with van der Waals surface area (Å²) in [5.41, 5.74) is 0. The smallest absolute Gasteiger partial charge is 0.274 e. The van der Waals surface area contributed by atoms with Crippen molar-refractivity contribution in [2.24, 2.45) is 0 Å². The Kier molecular flexibility index (Phi) is 1.71. The van der Waals surface area contributed by atoms with Gasteiger partial charge < -0.3 is 4.74 Å². The Morgan fingerprint density at radius 3 is 3.00 bits per heavy atom. The molecule has 0 saturated heterocycles. The van der Waals surface area contributed by atoms with Crippen LogP contribution in [0.1, 0.15) is 4.88 Å². The summed E-state index contributed by atoms with van der Waals surface area (Å²) < 4.78 is 4.81. The molecule has 0 atom stereocenters. The number of aromatic nitrogens is 1. The number of thiazole rings is 1. The lowest BCUT2D eigenvalue weighted by molar-refractivity contribution is 0.412. The number of ether oxygens (including phenoxy) is 1. The van der Waals surface area contributed by atoms with Crippen molar-refractivity contribution in [1.82, 2.24) is 4.98 Å². The Hall–Kier alpha value is -1.01. The van der Waals surface area contributed by atoms with Gasteiger partial charge in [-0.15, -0.1) is 6.42 Å². The number of methoxy groups -OCH3 is 1. The molecule has 0 amide bonds. The Balaban J connectivity index is 2.90. The first-order chi connectivity index (χ1) is 4.36. The normalized spacial score (nSPS) is 8.44. The first kappa shape index (κ1) is 6.12. The van der Waals surface area contributed by atoms with Crippen LogP contribution in [0.5, 0.6) is 5.19 Å². The van der Waals surface area contributed by atoms with Gasteiger partial charge in [-0.3, -0.25) is 0 Å². The fourth-order valence-electron chi connectivity index (χ4n) is 0.419. The molecular weight excluding hydrogens is 134 g/mol. The quantitative estimate of drug-likeness (QED) is 0.544. The molecule has 0 radical (unpaired) electrons. The molecule has 0 aliphatic rings. The van der Waals surface area contributed by atoms with Crippen LogP contribution >= 0.6 is 11.3 Å². The fraction of sp³-hybridized carbons (Fsp3) is 0.167. The van der Waals surface area contributed by atoms with Crippen LogP contribution in [-0.2, 0) is 0 Å². The van der Waals surface area contributed by atoms with Crippen LogP contribution in [0, 0.1) is 12.3 Å². The highest BCUT2D eigenvalue weighted by Crippen LogP contribution is 2.17. The van der Waals surface area contributed by atoms with Crippen LogP contribution in [0.2, 0.25) is 0 Å². The Morgan fingerprint density at radius 1 is 1.89 bits per heavy atom. The lowest BCUT2D eigenvalue weighted by Crippen LogP contribution is -1.76. The third-order valence-corrected chi connectivity index (χ3v) is 1.69. The van der Waals surface area contributed by atoms with E-state index in [2.05, 4.69) is 10.9 Å². The summed E-state index contributed by atoms with van der Waals surface area (Å²) in [6.45, 7) is 0. The molecule has 0 aromatic carbocycles. The van der Waals surface area contributed by atoms with E-state index in [4.69, 9.17) is 11.2 Å². The summed E-state index contributed by atoms with van der Waals surface area (Å²) in [5.74, 6) is 2.46. The number of terminal acetylenes is 1. The molecule has 9 heavy (non-hydrogen) atoms. The first-order valence-electron chi connectivity index (χ1n) is 2.33. The minimum absolute atomic E-state index is 0.614. The van der Waals surface area contributed by atoms with Crippen molar-refractivity contribution in [2.75, 3.05) is 7.11 Å². The number of hydrogen-bond donors (Lipinski definition) is 0. The van der Waals surface area contributed by atoms with Gasteiger partial charge in [-0.2, -0.15) is 0 Å². The highest BCUT2D eigenvalue weighted by atomic mass is 32.1. The predicted octanol–water partition coefficient (Wildman–Crippen LogP) is 1.13. The van der Waals surface area contributed by atoms with Crippen molar-refractivity contribution >= 4 is 11.3 Å². The molecule has 0 N–H and O–H groups in total. The molecule has 1 aromatic heterocycles. The van der Waals surface area contributed by atoms with Crippen molar-refractivity contribution in [3.8, 4) is 17.5 Å². The molecule has 1 aromatic rings. The molecule has 46 valence electrons. The molecule has 0 spiro atoms. The second kappa shape index (κ2) is 2.51. The van der Waals surface area contributed by atoms with E-state index in [0.29, 0.717) is 5.19 Å². The fourth-order valence-corrected chi connectivity index (χ4v) is 0.960. The van der Waals surface area contributed by atoms with E-state index in [1.54, 1.807) is 13.3 Å². The second-order valence-corrected chi connectivity index (χ2v) is 2.33. The second-order valence-electron chi connectivity index (χ2n) is 1.34. The van der Waals surface area contributed by atoms with Gasteiger partial charge in [0.1, 0.15) is 4.88 Å². The minimum atomic E-state index is 0.614. The Morgan fingerprint density at radius 2 is 2.67 bits per heavy atom. The lowest BCUT2D eigenvalue weighted by Gasteiger charge is -1.84. The zero-order valence-electron chi connectivity index (χ0n) is 4.92. The first-order valence-corrected chi connectivity index (χ1v) is 3.15. The zero-order valence-corrected chi connectivity index (χ0v) is 5.73. The van der Waals surface area contributed by atoms with Crippen LogP contribution < -0.4 is 4.74 Å². The van der Waals surface area contributed by atoms with Gasteiger partial charge in [-0.25, -0.2) is 4.98 Å². The van der Waals surface area contributed by atoms with Crippen LogP contribution in [0.15, 0.2) is 6.20 Å². The van der Waals surface area contributed by atoms with Gasteiger partial charge in [0.2, 0.25) is 0 Å². The zero-order chi connectivity index (χ0) is 6.69. The van der Waals surface area contributed by atoms with Crippen LogP contribution in [0.25, 0.3) is 0 Å². The monoisotopic (exact) mass is 139 g/mol. The van der Waals surface area contributed by atoms with E-state index in [-0.39, 0.29) is 0 Å². The molecule has 1 rings (SSSR count). The van der Waals surface area contributed by atoms with Crippen LogP contribution in [0.3, 0.4) is 0 Å². The van der Waals surface area contributed by atoms with Gasteiger partial charge in [0.05, 0.1) is 13.3 Å². The predicted molar refractivity (Wildman–Crippen MR) is 36.6 cm³/mol. The summed E-state index contributed by atoms with van der Waals surface area (Å²) >= 11 is 1.36. The summed E-state index contributed by atoms with van der Waals surface area (Å²) in [4.78, 5) is 4.66. The average molecular weight is 139 g/mol. The topological polar surface area (TPSA) is 22.1 Å². The molecule has 0 aliphatic heterocycles. The van der Waals surface area contributed by atoms with Crippen LogP contribution in [0.4, 0.5) is 0 Å². The molecule has 0 fully saturated rings. The summed E-state index contributed by atoms with van der Waals surface area (Å²) in [6.07, 6.45) is 6.70. The maximum absolute atomic E-state index is 5.08. The number of nitrogens with zero attached hydrogens (tertiary/aromatic N) is 1. The van der Waals surface area contributed by atoms with E-state index in [1.165, 1.54) is 11.3 Å². The summed E-state index contributed by atoms with van der Waals surface area (Å²) in [5, 5.41) is 0.614. The van der Waals surface area contributed by atoms with Crippen molar-refractivity contribution < 1.29 is 4.74 Å². The standard InChI is InChI=1S/C6H5NOS/c1-3-5-4-7-6(8-2)9-5/h1,4H,2H3. The SMILES string of the molecule is C#Cc1cnc(OC)s1. The highest BCUT2D eigenvalue weighted by molar-refractivity contribution is 7.13. The Bertz CT molecular complexity index is 235. The molecule has 2 nitrogen and oxygen atoms in total. The van der Waals surface area contributed by atoms with Gasteiger partial charge in [-0.05, 0) is 0 Å². The highest BCUT2D eigenvalue weighted by Gasteiger charge is 1.95. The largest absolute Gasteiger partial charge is 0.473 e. The van der Waals surface area contributed by atoms with Gasteiger partial charge in [0, 0.05) is 0 Å². The van der Waals surface area contributed by atoms with Crippen molar-refractivity contribution in [3.05, 3.63) is 11.1 Å². The van der Waals surface area contributed by atoms with E-state index in [1.807, 2.05) is 0 Å². The van der Waals surface area contributed by atoms with Crippen molar-refractivity contribution in [1.29, 1.82) is 0 Å². The van der Waals surface area contributed by atoms with E-state index < -0.39 is 0 Å². The van der Waals surface area contributed by atoms with Gasteiger partial charge in [0.15, 0.2) is 0 Å². The van der Waals surface area contributed by atoms with E-state index in [0.717, 1.165) is 4.88 Å². The molecule has 0 unspecified atom stereocenters. The van der Waals surface area contributed by atoms with Crippen LogP contribution in [-0.4, -0.2) is 12.1 Å². The molecule has 0 saturated carbocycles. The maximum atomic E-state index is 5.08. The average Bonchev–Trinajstić information content (AvgIpc) is 2.34. The molecular formula is C6H5NOS. The molecule has 3 heteroatoms. The molecule has 0 aliphatic carbocycles. The summed E-state index contributed by atoms with van der Waals surface area (Å²) in [7, 11) is 1.57. The lowest BCUT2D eigenvalue weighted by atomic mass is 10.6. The van der Waals surface area contributed by atoms with Gasteiger partial charge in [-0.1, -0.05) is 17.3 Å². The third-order valence-electron chi connectivity index (χ3n) is 0.801. The molecule has 1 heterocycles. The Labute approximate surface area is 57.5 Å². The number of rotatable bonds is 1. The van der Waals surface area contributed by atoms with Gasteiger partial charge >= 0.3 is 0 Å². The van der Waals surface area contributed by atoms with E-state index >= 15 is 0 Å². The van der Waals surface area contributed by atoms with Gasteiger partial charge in [0.25, 0.3) is 5.19 Å². The van der Waals surface area contributed by atoms with Crippen molar-refractivity contribution in [3.63, 3.8) is 0 Å².